The van der Waals surface area contributed by atoms with Gasteiger partial charge in [0.25, 0.3) is 0 Å². The summed E-state index contributed by atoms with van der Waals surface area (Å²) < 4.78 is 12.9. The highest BCUT2D eigenvalue weighted by atomic mass is 19.1. The lowest BCUT2D eigenvalue weighted by molar-refractivity contribution is 0.435. The maximum absolute atomic E-state index is 12.9. The molecule has 0 fully saturated rings. The van der Waals surface area contributed by atoms with Crippen LogP contribution >= 0.6 is 0 Å². The number of hydrogen-bond donors (Lipinski definition) is 1. The van der Waals surface area contributed by atoms with Crippen molar-refractivity contribution in [2.24, 2.45) is 0 Å². The van der Waals surface area contributed by atoms with Gasteiger partial charge < -0.3 is 5.11 Å². The van der Waals surface area contributed by atoms with Crippen LogP contribution in [0.1, 0.15) is 5.56 Å². The molecular weight excluding hydrogens is 193 g/mol. The van der Waals surface area contributed by atoms with Gasteiger partial charge in [-0.2, -0.15) is 0 Å². The summed E-state index contributed by atoms with van der Waals surface area (Å²) in [7, 11) is 0. The third-order valence-electron chi connectivity index (χ3n) is 2.24. The van der Waals surface area contributed by atoms with Crippen molar-refractivity contribution in [3.8, 4) is 0 Å². The van der Waals surface area contributed by atoms with E-state index in [4.69, 9.17) is 5.11 Å². The molecule has 1 heterocycles. The van der Waals surface area contributed by atoms with Crippen molar-refractivity contribution in [2.75, 3.05) is 0 Å². The van der Waals surface area contributed by atoms with E-state index in [1.807, 2.05) is 30.3 Å². The molecule has 2 aromatic rings. The zero-order chi connectivity index (χ0) is 10.7. The minimum absolute atomic E-state index is 0.0968. The summed E-state index contributed by atoms with van der Waals surface area (Å²) >= 11 is 0. The topological polar surface area (TPSA) is 33.1 Å². The highest BCUT2D eigenvalue weighted by Crippen LogP contribution is 2.19. The maximum atomic E-state index is 12.9. The molecule has 0 radical (unpaired) electrons. The number of rotatable bonds is 2. The molecule has 0 saturated carbocycles. The van der Waals surface area contributed by atoms with Gasteiger partial charge in [0.05, 0.1) is 5.52 Å². The van der Waals surface area contributed by atoms with E-state index in [1.165, 1.54) is 0 Å². The smallest absolute Gasteiger partial charge is 0.138 e. The zero-order valence-corrected chi connectivity index (χ0v) is 8.02. The molecule has 0 amide bonds. The van der Waals surface area contributed by atoms with E-state index in [-0.39, 0.29) is 6.42 Å². The number of aromatic nitrogens is 1. The maximum Gasteiger partial charge on any atom is 0.138 e. The molecule has 0 bridgehead atoms. The van der Waals surface area contributed by atoms with Gasteiger partial charge >= 0.3 is 0 Å². The van der Waals surface area contributed by atoms with E-state index < -0.39 is 5.83 Å². The number of nitrogens with zero attached hydrogens (tertiary/aromatic N) is 1. The monoisotopic (exact) mass is 203 g/mol. The van der Waals surface area contributed by atoms with Crippen LogP contribution in [0.15, 0.2) is 48.6 Å². The van der Waals surface area contributed by atoms with Gasteiger partial charge in [-0.15, -0.1) is 0 Å². The van der Waals surface area contributed by atoms with Crippen LogP contribution in [0.2, 0.25) is 0 Å². The Bertz CT molecular complexity index is 502. The summed E-state index contributed by atoms with van der Waals surface area (Å²) in [5.74, 6) is -0.550. The van der Waals surface area contributed by atoms with Crippen molar-refractivity contribution in [3.63, 3.8) is 0 Å². The summed E-state index contributed by atoms with van der Waals surface area (Å²) in [6, 6.07) is 9.23. The van der Waals surface area contributed by atoms with Crippen LogP contribution < -0.4 is 0 Å². The van der Waals surface area contributed by atoms with E-state index in [0.29, 0.717) is 6.26 Å². The first-order chi connectivity index (χ1) is 7.31. The second kappa shape index (κ2) is 4.09. The zero-order valence-electron chi connectivity index (χ0n) is 8.02. The Morgan fingerprint density at radius 3 is 3.00 bits per heavy atom. The van der Waals surface area contributed by atoms with E-state index >= 15 is 0 Å². The average molecular weight is 203 g/mol. The standard InChI is InChI=1S/C12H10FNO/c13-10(8-15)7-9-3-1-5-12-11(9)4-2-6-14-12/h1-6,8,15H,7H2/b10-8-. The van der Waals surface area contributed by atoms with Crippen molar-refractivity contribution in [2.45, 2.75) is 6.42 Å². The SMILES string of the molecule is O/C=C(\F)Cc1cccc2ncccc12. The van der Waals surface area contributed by atoms with Crippen LogP contribution in [-0.4, -0.2) is 10.1 Å². The van der Waals surface area contributed by atoms with Crippen molar-refractivity contribution >= 4 is 10.9 Å². The van der Waals surface area contributed by atoms with Gasteiger partial charge in [0, 0.05) is 18.0 Å². The summed E-state index contributed by atoms with van der Waals surface area (Å²) in [5, 5.41) is 9.43. The molecule has 0 unspecified atom stereocenters. The number of aliphatic hydroxyl groups is 1. The molecule has 0 spiro atoms. The number of aliphatic hydroxyl groups excluding tert-OH is 1. The first-order valence-electron chi connectivity index (χ1n) is 4.62. The lowest BCUT2D eigenvalue weighted by Crippen LogP contribution is -1.89. The summed E-state index contributed by atoms with van der Waals surface area (Å²) in [6.45, 7) is 0. The molecule has 2 nitrogen and oxygen atoms in total. The van der Waals surface area contributed by atoms with Crippen LogP contribution in [0.4, 0.5) is 4.39 Å². The second-order valence-electron chi connectivity index (χ2n) is 3.24. The highest BCUT2D eigenvalue weighted by Gasteiger charge is 2.03. The molecule has 1 aromatic carbocycles. The molecule has 0 saturated heterocycles. The van der Waals surface area contributed by atoms with E-state index in [0.717, 1.165) is 16.5 Å². The minimum Gasteiger partial charge on any atom is -0.513 e. The van der Waals surface area contributed by atoms with E-state index in [1.54, 1.807) is 6.20 Å². The van der Waals surface area contributed by atoms with Crippen molar-refractivity contribution in [3.05, 3.63) is 54.2 Å². The molecule has 0 atom stereocenters. The normalized spacial score (nSPS) is 11.9. The van der Waals surface area contributed by atoms with Gasteiger partial charge in [-0.1, -0.05) is 18.2 Å². The van der Waals surface area contributed by atoms with Crippen LogP contribution in [0, 0.1) is 0 Å². The molecular formula is C12H10FNO. The molecule has 0 aliphatic rings. The minimum atomic E-state index is -0.550. The van der Waals surface area contributed by atoms with Gasteiger partial charge in [-0.05, 0) is 17.7 Å². The Labute approximate surface area is 86.7 Å². The summed E-state index contributed by atoms with van der Waals surface area (Å²) in [5.41, 5.74) is 1.66. The predicted octanol–water partition coefficient (Wildman–Crippen LogP) is 3.15. The first-order valence-corrected chi connectivity index (χ1v) is 4.62. The number of hydrogen-bond acceptors (Lipinski definition) is 2. The highest BCUT2D eigenvalue weighted by molar-refractivity contribution is 5.82. The van der Waals surface area contributed by atoms with Crippen LogP contribution in [0.3, 0.4) is 0 Å². The molecule has 0 aliphatic heterocycles. The lowest BCUT2D eigenvalue weighted by Gasteiger charge is -2.03. The molecule has 15 heavy (non-hydrogen) atoms. The Morgan fingerprint density at radius 1 is 1.33 bits per heavy atom. The molecule has 1 N–H and O–H groups in total. The summed E-state index contributed by atoms with van der Waals surface area (Å²) in [6.07, 6.45) is 2.29. The Kier molecular flexibility index (Phi) is 2.63. The average Bonchev–Trinajstić information content (AvgIpc) is 2.29. The quantitative estimate of drug-likeness (QED) is 0.760. The molecule has 76 valence electrons. The van der Waals surface area contributed by atoms with Crippen molar-refractivity contribution < 1.29 is 9.50 Å². The number of benzene rings is 1. The largest absolute Gasteiger partial charge is 0.513 e. The number of fused-ring (bicyclic) bond motifs is 1. The number of pyridine rings is 1. The van der Waals surface area contributed by atoms with Crippen molar-refractivity contribution in [1.29, 1.82) is 0 Å². The first kappa shape index (κ1) is 9.65. The molecule has 0 aliphatic carbocycles. The molecule has 3 heteroatoms. The van der Waals surface area contributed by atoms with Gasteiger partial charge in [-0.25, -0.2) is 4.39 Å². The Morgan fingerprint density at radius 2 is 2.20 bits per heavy atom. The van der Waals surface area contributed by atoms with Gasteiger partial charge in [0.1, 0.15) is 12.1 Å². The molecule has 1 aromatic heterocycles. The van der Waals surface area contributed by atoms with Crippen molar-refractivity contribution in [1.82, 2.24) is 4.98 Å². The lowest BCUT2D eigenvalue weighted by atomic mass is 10.1. The summed E-state index contributed by atoms with van der Waals surface area (Å²) in [4.78, 5) is 4.17. The Hall–Kier alpha value is -1.90. The van der Waals surface area contributed by atoms with Crippen LogP contribution in [0.5, 0.6) is 0 Å². The number of allylic oxidation sites excluding steroid dienone is 1. The fraction of sp³-hybridized carbons (Fsp3) is 0.0833. The van der Waals surface area contributed by atoms with Gasteiger partial charge in [0.2, 0.25) is 0 Å². The fourth-order valence-electron chi connectivity index (χ4n) is 1.55. The van der Waals surface area contributed by atoms with E-state index in [9.17, 15) is 4.39 Å². The third-order valence-corrected chi connectivity index (χ3v) is 2.24. The number of halogens is 1. The second-order valence-corrected chi connectivity index (χ2v) is 3.24. The third kappa shape index (κ3) is 1.96. The molecule has 2 rings (SSSR count). The van der Waals surface area contributed by atoms with Gasteiger partial charge in [0.15, 0.2) is 0 Å². The fourth-order valence-corrected chi connectivity index (χ4v) is 1.55. The van der Waals surface area contributed by atoms with Crippen LogP contribution in [0.25, 0.3) is 10.9 Å². The predicted molar refractivity (Wildman–Crippen MR) is 57.3 cm³/mol. The Balaban J connectivity index is 2.51. The van der Waals surface area contributed by atoms with Crippen LogP contribution in [-0.2, 0) is 6.42 Å². The van der Waals surface area contributed by atoms with Gasteiger partial charge in [-0.3, -0.25) is 4.98 Å². The van der Waals surface area contributed by atoms with E-state index in [2.05, 4.69) is 4.98 Å².